The Balaban J connectivity index is 1.64. The molecule has 1 aromatic heterocycles. The van der Waals surface area contributed by atoms with Gasteiger partial charge < -0.3 is 9.64 Å². The molecule has 180 valence electrons. The minimum absolute atomic E-state index is 0.0646. The Morgan fingerprint density at radius 3 is 2.35 bits per heavy atom. The van der Waals surface area contributed by atoms with Crippen LogP contribution in [0.15, 0.2) is 47.6 Å². The van der Waals surface area contributed by atoms with Crippen molar-refractivity contribution >= 4 is 33.4 Å². The molecule has 1 aromatic carbocycles. The van der Waals surface area contributed by atoms with Gasteiger partial charge in [0.1, 0.15) is 5.54 Å². The zero-order valence-electron chi connectivity index (χ0n) is 17.7. The fraction of sp³-hybridized carbons (Fsp3) is 0.333. The van der Waals surface area contributed by atoms with Gasteiger partial charge in [0.05, 0.1) is 22.8 Å². The van der Waals surface area contributed by atoms with Crippen LogP contribution < -0.4 is 4.90 Å². The van der Waals surface area contributed by atoms with Gasteiger partial charge in [-0.15, -0.1) is 0 Å². The van der Waals surface area contributed by atoms with E-state index in [0.29, 0.717) is 30.5 Å². The molecule has 2 heterocycles. The number of anilines is 1. The average Bonchev–Trinajstić information content (AvgIpc) is 3.56. The van der Waals surface area contributed by atoms with Gasteiger partial charge in [-0.05, 0) is 55.7 Å². The van der Waals surface area contributed by atoms with E-state index in [2.05, 4.69) is 4.98 Å². The molecule has 34 heavy (non-hydrogen) atoms. The minimum atomic E-state index is -5.57. The van der Waals surface area contributed by atoms with Gasteiger partial charge in [0.15, 0.2) is 0 Å². The zero-order valence-corrected chi connectivity index (χ0v) is 18.5. The predicted molar refractivity (Wildman–Crippen MR) is 110 cm³/mol. The quantitative estimate of drug-likeness (QED) is 0.445. The first-order valence-electron chi connectivity index (χ1n) is 10.1. The van der Waals surface area contributed by atoms with Gasteiger partial charge in [-0.2, -0.15) is 13.2 Å². The van der Waals surface area contributed by atoms with E-state index in [-0.39, 0.29) is 24.4 Å². The van der Waals surface area contributed by atoms with Gasteiger partial charge in [-0.3, -0.25) is 9.78 Å². The number of aromatic nitrogens is 1. The van der Waals surface area contributed by atoms with Crippen LogP contribution in [0, 0.1) is 0 Å². The van der Waals surface area contributed by atoms with Gasteiger partial charge in [0.25, 0.3) is 15.7 Å². The summed E-state index contributed by atoms with van der Waals surface area (Å²) in [6.45, 7) is 1.67. The van der Waals surface area contributed by atoms with Gasteiger partial charge in [0, 0.05) is 18.9 Å². The van der Waals surface area contributed by atoms with Crippen LogP contribution >= 0.6 is 0 Å². The molecule has 0 atom stereocenters. The number of nitrogens with zero attached hydrogens (tertiary/aromatic N) is 3. The van der Waals surface area contributed by atoms with Gasteiger partial charge >= 0.3 is 17.5 Å². The van der Waals surface area contributed by atoms with Crippen LogP contribution in [-0.2, 0) is 25.9 Å². The Bertz CT molecular complexity index is 1270. The molecule has 13 heteroatoms. The molecule has 2 fully saturated rings. The molecule has 0 N–H and O–H groups in total. The third-order valence-electron chi connectivity index (χ3n) is 5.71. The molecule has 4 rings (SSSR count). The number of urea groups is 1. The highest BCUT2D eigenvalue weighted by Gasteiger charge is 2.65. The number of esters is 1. The largest absolute Gasteiger partial charge is 0.501 e. The third kappa shape index (κ3) is 3.69. The number of pyridine rings is 1. The maximum atomic E-state index is 13.2. The molecule has 0 unspecified atom stereocenters. The second kappa shape index (κ2) is 8.08. The normalized spacial score (nSPS) is 17.4. The van der Waals surface area contributed by atoms with Crippen LogP contribution in [0.3, 0.4) is 0 Å². The number of alkyl halides is 3. The summed E-state index contributed by atoms with van der Waals surface area (Å²) < 4.78 is 66.6. The van der Waals surface area contributed by atoms with Crippen molar-refractivity contribution in [3.05, 3.63) is 53.9 Å². The number of rotatable bonds is 6. The Labute approximate surface area is 192 Å². The summed E-state index contributed by atoms with van der Waals surface area (Å²) in [5.41, 5.74) is -6.13. The first-order chi connectivity index (χ1) is 15.9. The van der Waals surface area contributed by atoms with Crippen LogP contribution in [0.1, 0.15) is 35.7 Å². The summed E-state index contributed by atoms with van der Waals surface area (Å²) in [6.07, 6.45) is 3.47. The maximum absolute atomic E-state index is 13.2. The summed E-state index contributed by atoms with van der Waals surface area (Å²) in [7, 11) is -5.57. The third-order valence-corrected chi connectivity index (χ3v) is 7.21. The summed E-state index contributed by atoms with van der Waals surface area (Å²) in [6, 6.07) is 4.14. The molecule has 1 saturated heterocycles. The van der Waals surface area contributed by atoms with Crippen LogP contribution in [-0.4, -0.2) is 53.9 Å². The van der Waals surface area contributed by atoms with E-state index in [0.717, 1.165) is 17.0 Å². The maximum Gasteiger partial charge on any atom is 0.501 e. The lowest BCUT2D eigenvalue weighted by Gasteiger charge is -2.22. The first-order valence-corrected chi connectivity index (χ1v) is 11.6. The molecule has 0 radical (unpaired) electrons. The fourth-order valence-electron chi connectivity index (χ4n) is 3.80. The summed E-state index contributed by atoms with van der Waals surface area (Å²) in [5.74, 6) is -1.21. The highest BCUT2D eigenvalue weighted by molar-refractivity contribution is 7.92. The molecule has 1 spiro atoms. The van der Waals surface area contributed by atoms with E-state index in [9.17, 15) is 36.0 Å². The lowest BCUT2D eigenvalue weighted by molar-refractivity contribution is -0.120. The van der Waals surface area contributed by atoms with E-state index in [4.69, 9.17) is 4.74 Å². The van der Waals surface area contributed by atoms with Crippen molar-refractivity contribution in [3.8, 4) is 0 Å². The molecular weight excluding hydrogens is 479 g/mol. The number of hydrogen-bond acceptors (Lipinski definition) is 7. The van der Waals surface area contributed by atoms with Gasteiger partial charge in [-0.1, -0.05) is 0 Å². The molecule has 1 aliphatic carbocycles. The highest BCUT2D eigenvalue weighted by atomic mass is 32.2. The molecule has 1 aliphatic heterocycles. The van der Waals surface area contributed by atoms with Crippen molar-refractivity contribution in [2.75, 3.05) is 11.5 Å². The molecule has 0 bridgehead atoms. The molecule has 3 amide bonds. The average molecular weight is 497 g/mol. The number of carbonyl (C=O) groups is 3. The van der Waals surface area contributed by atoms with Crippen molar-refractivity contribution in [2.24, 2.45) is 0 Å². The summed E-state index contributed by atoms with van der Waals surface area (Å²) >= 11 is 0. The highest BCUT2D eigenvalue weighted by Crippen LogP contribution is 2.50. The fourth-order valence-corrected chi connectivity index (χ4v) is 4.56. The van der Waals surface area contributed by atoms with Crippen LogP contribution in [0.25, 0.3) is 0 Å². The summed E-state index contributed by atoms with van der Waals surface area (Å²) in [5, 5.41) is 0. The van der Waals surface area contributed by atoms with Crippen molar-refractivity contribution in [1.29, 1.82) is 0 Å². The predicted octanol–water partition coefficient (Wildman–Crippen LogP) is 3.05. The van der Waals surface area contributed by atoms with E-state index >= 15 is 0 Å². The number of carbonyl (C=O) groups excluding carboxylic acids is 3. The van der Waals surface area contributed by atoms with Crippen molar-refractivity contribution in [2.45, 2.75) is 42.3 Å². The SMILES string of the molecule is CCOC(=O)c1cnccc1CN1C(=O)N(c2ccc(S(=O)(=O)C(F)(F)F)cc2)C(=O)C12CC2. The summed E-state index contributed by atoms with van der Waals surface area (Å²) in [4.78, 5) is 43.6. The lowest BCUT2D eigenvalue weighted by Crippen LogP contribution is -2.37. The Kier molecular flexibility index (Phi) is 5.62. The van der Waals surface area contributed by atoms with E-state index in [1.54, 1.807) is 6.92 Å². The molecular formula is C21H18F3N3O6S. The first kappa shape index (κ1) is 23.7. The molecule has 9 nitrogen and oxygen atoms in total. The minimum Gasteiger partial charge on any atom is -0.462 e. The number of halogens is 3. The Morgan fingerprint density at radius 2 is 1.79 bits per heavy atom. The van der Waals surface area contributed by atoms with Crippen molar-refractivity contribution in [3.63, 3.8) is 0 Å². The van der Waals surface area contributed by atoms with Crippen LogP contribution in [0.4, 0.5) is 23.7 Å². The zero-order chi connectivity index (χ0) is 24.9. The number of amides is 3. The number of benzene rings is 1. The van der Waals surface area contributed by atoms with Gasteiger partial charge in [-0.25, -0.2) is 22.9 Å². The number of sulfone groups is 1. The van der Waals surface area contributed by atoms with E-state index in [1.165, 1.54) is 23.4 Å². The molecule has 2 aromatic rings. The molecule has 1 saturated carbocycles. The second-order valence-electron chi connectivity index (χ2n) is 7.74. The lowest BCUT2D eigenvalue weighted by atomic mass is 10.1. The monoisotopic (exact) mass is 497 g/mol. The van der Waals surface area contributed by atoms with E-state index < -0.39 is 43.7 Å². The van der Waals surface area contributed by atoms with Crippen LogP contribution in [0.5, 0.6) is 0 Å². The Morgan fingerprint density at radius 1 is 1.15 bits per heavy atom. The van der Waals surface area contributed by atoms with Crippen molar-refractivity contribution in [1.82, 2.24) is 9.88 Å². The Hall–Kier alpha value is -3.48. The number of ether oxygens (including phenoxy) is 1. The number of hydrogen-bond donors (Lipinski definition) is 0. The van der Waals surface area contributed by atoms with E-state index in [1.807, 2.05) is 0 Å². The second-order valence-corrected chi connectivity index (χ2v) is 9.68. The number of imide groups is 1. The van der Waals surface area contributed by atoms with Crippen molar-refractivity contribution < 1.29 is 40.7 Å². The van der Waals surface area contributed by atoms with Gasteiger partial charge in [0.2, 0.25) is 0 Å². The topological polar surface area (TPSA) is 114 Å². The standard InChI is InChI=1S/C21H18F3N3O6S/c1-2-33-17(28)16-11-25-10-7-13(16)12-26-19(30)27(18(29)20(26)8-9-20)14-3-5-15(6-4-14)34(31,32)21(22,23)24/h3-7,10-11H,2,8-9,12H2,1H3. The van der Waals surface area contributed by atoms with Crippen LogP contribution in [0.2, 0.25) is 0 Å². The molecule has 2 aliphatic rings. The smallest absolute Gasteiger partial charge is 0.462 e.